The minimum atomic E-state index is 0.114. The lowest BCUT2D eigenvalue weighted by atomic mass is 10.1. The summed E-state index contributed by atoms with van der Waals surface area (Å²) in [7, 11) is 0. The molecule has 3 rings (SSSR count). The molecule has 21 heavy (non-hydrogen) atoms. The highest BCUT2D eigenvalue weighted by atomic mass is 16.4. The molecule has 0 fully saturated rings. The van der Waals surface area contributed by atoms with Crippen molar-refractivity contribution in [3.05, 3.63) is 35.2 Å². The molecule has 0 unspecified atom stereocenters. The zero-order valence-corrected chi connectivity index (χ0v) is 13.1. The van der Waals surface area contributed by atoms with Crippen LogP contribution in [0.2, 0.25) is 0 Å². The van der Waals surface area contributed by atoms with E-state index in [4.69, 9.17) is 4.42 Å². The molecule has 0 bridgehead atoms. The van der Waals surface area contributed by atoms with Gasteiger partial charge in [0.2, 0.25) is 11.8 Å². The summed E-state index contributed by atoms with van der Waals surface area (Å²) in [5.74, 6) is 1.33. The lowest BCUT2D eigenvalue weighted by Gasteiger charge is -2.19. The lowest BCUT2D eigenvalue weighted by Crippen LogP contribution is -2.37. The zero-order chi connectivity index (χ0) is 14.9. The number of hydrogen-bond acceptors (Lipinski definition) is 4. The third-order valence-corrected chi connectivity index (χ3v) is 3.81. The van der Waals surface area contributed by atoms with Crippen LogP contribution >= 0.6 is 0 Å². The van der Waals surface area contributed by atoms with Crippen LogP contribution in [0, 0.1) is 0 Å². The summed E-state index contributed by atoms with van der Waals surface area (Å²) in [5, 5.41) is 11.8. The second kappa shape index (κ2) is 5.60. The van der Waals surface area contributed by atoms with Crippen LogP contribution in [0.4, 0.5) is 0 Å². The van der Waals surface area contributed by atoms with Crippen LogP contribution < -0.4 is 5.32 Å². The number of aromatic nitrogens is 2. The molecular formula is C17H23N3O. The molecule has 0 radical (unpaired) electrons. The molecule has 1 aromatic heterocycles. The molecule has 4 nitrogen and oxygen atoms in total. The van der Waals surface area contributed by atoms with Gasteiger partial charge in [-0.15, -0.1) is 10.2 Å². The van der Waals surface area contributed by atoms with Crippen molar-refractivity contribution in [1.29, 1.82) is 0 Å². The maximum Gasteiger partial charge on any atom is 0.247 e. The van der Waals surface area contributed by atoms with Crippen molar-refractivity contribution in [3.63, 3.8) is 0 Å². The first-order valence-electron chi connectivity index (χ1n) is 7.71. The van der Waals surface area contributed by atoms with Crippen LogP contribution in [-0.2, 0) is 19.3 Å². The van der Waals surface area contributed by atoms with Gasteiger partial charge in [0, 0.05) is 24.1 Å². The molecule has 112 valence electrons. The van der Waals surface area contributed by atoms with E-state index in [1.54, 1.807) is 0 Å². The Hall–Kier alpha value is -1.68. The van der Waals surface area contributed by atoms with Crippen LogP contribution in [0.5, 0.6) is 0 Å². The van der Waals surface area contributed by atoms with Crippen LogP contribution in [0.15, 0.2) is 22.6 Å². The molecule has 1 heterocycles. The lowest BCUT2D eigenvalue weighted by molar-refractivity contribution is 0.412. The fraction of sp³-hybridized carbons (Fsp3) is 0.529. The average molecular weight is 285 g/mol. The predicted molar refractivity (Wildman–Crippen MR) is 83.2 cm³/mol. The summed E-state index contributed by atoms with van der Waals surface area (Å²) in [4.78, 5) is 0. The van der Waals surface area contributed by atoms with Gasteiger partial charge in [-0.3, -0.25) is 0 Å². The third-order valence-electron chi connectivity index (χ3n) is 3.81. The van der Waals surface area contributed by atoms with Crippen molar-refractivity contribution in [1.82, 2.24) is 15.5 Å². The largest absolute Gasteiger partial charge is 0.421 e. The van der Waals surface area contributed by atoms with Gasteiger partial charge in [-0.05, 0) is 63.3 Å². The van der Waals surface area contributed by atoms with Crippen LogP contribution in [0.1, 0.15) is 44.2 Å². The molecule has 4 heteroatoms. The summed E-state index contributed by atoms with van der Waals surface area (Å²) >= 11 is 0. The Bertz CT molecular complexity index is 625. The Morgan fingerprint density at radius 1 is 1.14 bits per heavy atom. The number of aryl methyl sites for hydroxylation is 2. The Morgan fingerprint density at radius 2 is 1.95 bits per heavy atom. The van der Waals surface area contributed by atoms with Gasteiger partial charge >= 0.3 is 0 Å². The highest BCUT2D eigenvalue weighted by Gasteiger charge is 2.15. The number of fused-ring (bicyclic) bond motifs is 1. The average Bonchev–Trinajstić information content (AvgIpc) is 3.04. The molecule has 1 aliphatic carbocycles. The fourth-order valence-corrected chi connectivity index (χ4v) is 2.72. The van der Waals surface area contributed by atoms with Gasteiger partial charge in [0.05, 0.1) is 0 Å². The summed E-state index contributed by atoms with van der Waals surface area (Å²) in [6, 6.07) is 6.49. The topological polar surface area (TPSA) is 51.0 Å². The van der Waals surface area contributed by atoms with E-state index < -0.39 is 0 Å². The van der Waals surface area contributed by atoms with E-state index in [1.807, 2.05) is 0 Å². The summed E-state index contributed by atoms with van der Waals surface area (Å²) in [5.41, 5.74) is 4.05. The van der Waals surface area contributed by atoms with E-state index in [-0.39, 0.29) is 5.54 Å². The molecule has 1 aromatic carbocycles. The quantitative estimate of drug-likeness (QED) is 0.937. The van der Waals surface area contributed by atoms with E-state index in [1.165, 1.54) is 30.4 Å². The Balaban J connectivity index is 1.67. The first-order valence-corrected chi connectivity index (χ1v) is 7.71. The van der Waals surface area contributed by atoms with Crippen LogP contribution in [0.3, 0.4) is 0 Å². The van der Waals surface area contributed by atoms with Crippen molar-refractivity contribution in [2.24, 2.45) is 0 Å². The van der Waals surface area contributed by atoms with Crippen molar-refractivity contribution in [2.75, 3.05) is 6.54 Å². The van der Waals surface area contributed by atoms with E-state index in [0.29, 0.717) is 11.8 Å². The van der Waals surface area contributed by atoms with Gasteiger partial charge in [-0.1, -0.05) is 6.07 Å². The normalized spacial score (nSPS) is 14.4. The number of benzene rings is 1. The molecule has 2 aromatic rings. The molecule has 0 saturated heterocycles. The highest BCUT2D eigenvalue weighted by molar-refractivity contribution is 5.56. The molecule has 0 aliphatic heterocycles. The molecule has 0 amide bonds. The highest BCUT2D eigenvalue weighted by Crippen LogP contribution is 2.27. The minimum absolute atomic E-state index is 0.114. The van der Waals surface area contributed by atoms with Crippen molar-refractivity contribution < 1.29 is 4.42 Å². The van der Waals surface area contributed by atoms with Gasteiger partial charge in [-0.2, -0.15) is 0 Å². The molecule has 0 spiro atoms. The molecule has 0 atom stereocenters. The first-order chi connectivity index (χ1) is 10.0. The smallest absolute Gasteiger partial charge is 0.247 e. The monoisotopic (exact) mass is 285 g/mol. The number of rotatable bonds is 4. The van der Waals surface area contributed by atoms with Crippen molar-refractivity contribution in [2.45, 2.75) is 52.0 Å². The van der Waals surface area contributed by atoms with E-state index >= 15 is 0 Å². The number of nitrogens with one attached hydrogen (secondary N) is 1. The molecular weight excluding hydrogens is 262 g/mol. The Morgan fingerprint density at radius 3 is 2.76 bits per heavy atom. The maximum absolute atomic E-state index is 5.78. The summed E-state index contributed by atoms with van der Waals surface area (Å²) < 4.78 is 5.78. The van der Waals surface area contributed by atoms with Gasteiger partial charge in [0.1, 0.15) is 0 Å². The minimum Gasteiger partial charge on any atom is -0.421 e. The van der Waals surface area contributed by atoms with E-state index in [2.05, 4.69) is 54.5 Å². The fourth-order valence-electron chi connectivity index (χ4n) is 2.72. The van der Waals surface area contributed by atoms with Crippen molar-refractivity contribution in [3.8, 4) is 11.5 Å². The predicted octanol–water partition coefficient (Wildman–Crippen LogP) is 3.16. The first kappa shape index (κ1) is 14.3. The second-order valence-electron chi connectivity index (χ2n) is 6.76. The van der Waals surface area contributed by atoms with Gasteiger partial charge in [-0.25, -0.2) is 0 Å². The zero-order valence-electron chi connectivity index (χ0n) is 13.1. The SMILES string of the molecule is CC(C)(C)NCCc1nnc(-c2ccc3c(c2)CCC3)o1. The second-order valence-corrected chi connectivity index (χ2v) is 6.76. The van der Waals surface area contributed by atoms with E-state index in [0.717, 1.165) is 18.5 Å². The van der Waals surface area contributed by atoms with Gasteiger partial charge in [0.15, 0.2) is 0 Å². The standard InChI is InChI=1S/C17H23N3O/c1-17(2,3)18-10-9-15-19-20-16(21-15)14-8-7-12-5-4-6-13(12)11-14/h7-8,11,18H,4-6,9-10H2,1-3H3. The van der Waals surface area contributed by atoms with Crippen LogP contribution in [-0.4, -0.2) is 22.3 Å². The van der Waals surface area contributed by atoms with Crippen molar-refractivity contribution >= 4 is 0 Å². The van der Waals surface area contributed by atoms with Gasteiger partial charge < -0.3 is 9.73 Å². The summed E-state index contributed by atoms with van der Waals surface area (Å²) in [6.45, 7) is 7.29. The molecule has 1 aliphatic rings. The molecule has 1 N–H and O–H groups in total. The van der Waals surface area contributed by atoms with E-state index in [9.17, 15) is 0 Å². The maximum atomic E-state index is 5.78. The van der Waals surface area contributed by atoms with Crippen LogP contribution in [0.25, 0.3) is 11.5 Å². The Kier molecular flexibility index (Phi) is 3.81. The number of nitrogens with zero attached hydrogens (tertiary/aromatic N) is 2. The van der Waals surface area contributed by atoms with Gasteiger partial charge in [0.25, 0.3) is 0 Å². The molecule has 0 saturated carbocycles. The number of hydrogen-bond donors (Lipinski definition) is 1. The third kappa shape index (κ3) is 3.50. The summed E-state index contributed by atoms with van der Waals surface area (Å²) in [6.07, 6.45) is 4.38. The Labute approximate surface area is 126 Å².